The van der Waals surface area contributed by atoms with Gasteiger partial charge < -0.3 is 26.5 Å². The molecule has 6 N–H and O–H groups in total. The molecule has 0 unspecified atom stereocenters. The molecule has 10 aromatic rings. The first-order chi connectivity index (χ1) is 38.8. The Morgan fingerprint density at radius 2 is 1.06 bits per heavy atom. The Morgan fingerprint density at radius 3 is 1.52 bits per heavy atom. The molecular formula is C60H65BrCl2N12O4Sn. The molecule has 0 radical (unpaired) electrons. The summed E-state index contributed by atoms with van der Waals surface area (Å²) in [5.41, 5.74) is 14.7. The van der Waals surface area contributed by atoms with Gasteiger partial charge in [0.05, 0.1) is 49.1 Å². The van der Waals surface area contributed by atoms with Gasteiger partial charge in [0, 0.05) is 35.2 Å². The van der Waals surface area contributed by atoms with Gasteiger partial charge in [0.25, 0.3) is 11.1 Å². The monoisotopic (exact) mass is 1290 g/mol. The van der Waals surface area contributed by atoms with E-state index in [2.05, 4.69) is 77.2 Å². The Balaban J connectivity index is 0.000000165. The summed E-state index contributed by atoms with van der Waals surface area (Å²) in [6.07, 6.45) is 17.8. The number of oxazole rings is 2. The van der Waals surface area contributed by atoms with Crippen molar-refractivity contribution in [3.05, 3.63) is 193 Å². The first-order valence-corrected chi connectivity index (χ1v) is 35.8. The number of nitrogen functional groups attached to an aromatic ring is 2. The second-order valence-corrected chi connectivity index (χ2v) is 33.9. The van der Waals surface area contributed by atoms with E-state index in [0.29, 0.717) is 48.4 Å². The maximum absolute atomic E-state index is 13.6. The number of nitrogens with zero attached hydrogens (tertiary/aromatic N) is 8. The molecule has 4 aromatic carbocycles. The van der Waals surface area contributed by atoms with Gasteiger partial charge in [-0.3, -0.25) is 18.7 Å². The van der Waals surface area contributed by atoms with Gasteiger partial charge in [0.1, 0.15) is 17.9 Å². The number of hydrogen-bond acceptors (Lipinski definition) is 14. The van der Waals surface area contributed by atoms with Crippen LogP contribution in [0.25, 0.3) is 44.4 Å². The quantitative estimate of drug-likeness (QED) is 0.0553. The molecule has 10 rings (SSSR count). The fourth-order valence-electron chi connectivity index (χ4n) is 9.79. The van der Waals surface area contributed by atoms with E-state index in [1.165, 1.54) is 62.0 Å². The van der Waals surface area contributed by atoms with E-state index in [1.807, 2.05) is 117 Å². The van der Waals surface area contributed by atoms with Gasteiger partial charge in [-0.1, -0.05) is 83.9 Å². The van der Waals surface area contributed by atoms with Crippen LogP contribution in [0.5, 0.6) is 0 Å². The van der Waals surface area contributed by atoms with Crippen LogP contribution in [0.15, 0.2) is 169 Å². The van der Waals surface area contributed by atoms with Crippen molar-refractivity contribution in [1.29, 1.82) is 0 Å². The average molecular weight is 1290 g/mol. The van der Waals surface area contributed by atoms with Gasteiger partial charge in [-0.05, 0) is 89.1 Å². The fraction of sp³-hybridized carbons (Fsp3) is 0.267. The van der Waals surface area contributed by atoms with Crippen LogP contribution in [0.1, 0.15) is 96.6 Å². The molecular weight excluding hydrogens is 1220 g/mol. The van der Waals surface area contributed by atoms with Crippen molar-refractivity contribution in [2.75, 3.05) is 22.1 Å². The summed E-state index contributed by atoms with van der Waals surface area (Å²) in [7, 11) is 0. The minimum Gasteiger partial charge on any atom is -0.444 e. The summed E-state index contributed by atoms with van der Waals surface area (Å²) in [5, 5.41) is 9.97. The number of para-hydroxylation sites is 2. The Hall–Kier alpha value is -7.06. The van der Waals surface area contributed by atoms with Gasteiger partial charge in [-0.15, -0.1) is 0 Å². The number of unbranched alkanes of at least 4 members (excludes halogenated alkanes) is 3. The van der Waals surface area contributed by atoms with E-state index >= 15 is 0 Å². The third kappa shape index (κ3) is 13.9. The van der Waals surface area contributed by atoms with Gasteiger partial charge >= 0.3 is 117 Å². The van der Waals surface area contributed by atoms with Crippen molar-refractivity contribution in [1.82, 2.24) is 39.0 Å². The molecule has 20 heteroatoms. The number of hydrogen-bond donors (Lipinski definition) is 4. The maximum atomic E-state index is 13.6. The second kappa shape index (κ2) is 27.9. The fourth-order valence-corrected chi connectivity index (χ4v) is 25.3. The number of pyridine rings is 2. The van der Waals surface area contributed by atoms with Crippen molar-refractivity contribution in [2.24, 2.45) is 0 Å². The Morgan fingerprint density at radius 1 is 0.600 bits per heavy atom. The maximum Gasteiger partial charge on any atom is 0.264 e. The van der Waals surface area contributed by atoms with Crippen LogP contribution in [0.3, 0.4) is 0 Å². The topological polar surface area (TPSA) is 224 Å². The van der Waals surface area contributed by atoms with Crippen LogP contribution in [0, 0.1) is 0 Å². The molecule has 6 aromatic heterocycles. The second-order valence-electron chi connectivity index (χ2n) is 19.4. The molecule has 80 heavy (non-hydrogen) atoms. The van der Waals surface area contributed by atoms with E-state index in [0.717, 1.165) is 33.5 Å². The zero-order chi connectivity index (χ0) is 56.8. The number of rotatable bonds is 19. The Bertz CT molecular complexity index is 3740. The number of anilines is 4. The van der Waals surface area contributed by atoms with Crippen molar-refractivity contribution in [3.63, 3.8) is 0 Å². The largest absolute Gasteiger partial charge is 0.444 e. The first kappa shape index (κ1) is 59.1. The zero-order valence-electron chi connectivity index (χ0n) is 45.4. The van der Waals surface area contributed by atoms with E-state index in [1.54, 1.807) is 46.1 Å². The van der Waals surface area contributed by atoms with Crippen molar-refractivity contribution in [3.8, 4) is 22.8 Å². The van der Waals surface area contributed by atoms with E-state index in [-0.39, 0.29) is 35.1 Å². The molecule has 414 valence electrons. The van der Waals surface area contributed by atoms with Gasteiger partial charge in [-0.25, -0.2) is 15.0 Å². The van der Waals surface area contributed by atoms with Crippen LogP contribution in [0.2, 0.25) is 23.4 Å². The molecule has 2 atom stereocenters. The summed E-state index contributed by atoms with van der Waals surface area (Å²) in [4.78, 5) is 52.4. The van der Waals surface area contributed by atoms with Crippen LogP contribution in [-0.2, 0) is 0 Å². The Kier molecular flexibility index (Phi) is 20.6. The third-order valence-corrected chi connectivity index (χ3v) is 29.5. The molecule has 0 saturated carbocycles. The van der Waals surface area contributed by atoms with Gasteiger partial charge in [0.2, 0.25) is 17.8 Å². The van der Waals surface area contributed by atoms with Crippen molar-refractivity contribution >= 4 is 106 Å². The molecule has 0 aliphatic carbocycles. The van der Waals surface area contributed by atoms with Crippen LogP contribution < -0.4 is 37.1 Å². The number of fused-ring (bicyclic) bond motifs is 2. The molecule has 0 fully saturated rings. The summed E-state index contributed by atoms with van der Waals surface area (Å²) in [6.45, 7) is 10.8. The van der Waals surface area contributed by atoms with Crippen LogP contribution >= 0.6 is 39.1 Å². The van der Waals surface area contributed by atoms with Crippen molar-refractivity contribution < 1.29 is 8.83 Å². The van der Waals surface area contributed by atoms with E-state index in [4.69, 9.17) is 43.5 Å². The molecule has 16 nitrogen and oxygen atoms in total. The number of nitrogens with two attached hydrogens (primary N) is 2. The molecule has 0 aliphatic heterocycles. The smallest absolute Gasteiger partial charge is 0.264 e. The van der Waals surface area contributed by atoms with Gasteiger partial charge in [-0.2, -0.15) is 9.97 Å². The first-order valence-electron chi connectivity index (χ1n) is 26.8. The number of nitrogens with one attached hydrogen (secondary N) is 2. The van der Waals surface area contributed by atoms with Crippen LogP contribution in [-0.4, -0.2) is 57.4 Å². The summed E-state index contributed by atoms with van der Waals surface area (Å²) in [5.74, 6) is 1.61. The van der Waals surface area contributed by atoms with E-state index < -0.39 is 18.4 Å². The normalized spacial score (nSPS) is 12.1. The zero-order valence-corrected chi connectivity index (χ0v) is 51.3. The summed E-state index contributed by atoms with van der Waals surface area (Å²) >= 11 is 13.9. The standard InChI is InChI=1S/C24H19ClN6O2.C21H17BrClN5O.3C4H9.C3H2NO.Sn/c1-14(29-21-17(13-28-24(26)30-21)22-27-10-11-33-22)19-12-15-6-5-9-18(25)20(15)23(32)31(19)16-7-3-2-4-8-16;1-12(26-19-15(22)11-25-21(24)27-19)17-10-13-6-5-9-16(23)18(13)20(29)28(17)14-7-3-2-4-8-14;3*1-3-4-2;1-2-5-3-4-1;/h2-14H,1H3,(H3,26,28,29,30);2-12H,1H3,(H3,24,25,26,27);3*1,3-4H2,2H3;1-2H;/t14-;12-;;;;;/m00...../s1. The Labute approximate surface area is 487 Å². The third-order valence-electron chi connectivity index (χ3n) is 13.8. The average Bonchev–Trinajstić information content (AvgIpc) is 4.22. The van der Waals surface area contributed by atoms with E-state index in [9.17, 15) is 9.59 Å². The van der Waals surface area contributed by atoms with Gasteiger partial charge in [0.15, 0.2) is 0 Å². The number of halogens is 3. The summed E-state index contributed by atoms with van der Waals surface area (Å²) < 4.78 is 20.7. The molecule has 0 aliphatic rings. The van der Waals surface area contributed by atoms with Crippen molar-refractivity contribution in [2.45, 2.75) is 98.5 Å². The molecule has 6 heterocycles. The predicted octanol–water partition coefficient (Wildman–Crippen LogP) is 14.5. The molecule has 0 saturated heterocycles. The molecule has 0 amide bonds. The SMILES string of the molecule is CCC[CH2][Sn]([CH2]CCC)([CH2]CCC)[c]1ncco1.C[C@H](Nc1nc(N)ncc1-c1ncco1)c1cc2cccc(Cl)c2c(=O)n1-c1ccccc1.C[C@H](Nc1nc(N)ncc1Br)c1cc2cccc(Cl)c2c(=O)n1-c1ccccc1. The minimum absolute atomic E-state index is 0.103. The van der Waals surface area contributed by atoms with Crippen LogP contribution in [0.4, 0.5) is 23.5 Å². The molecule has 0 spiro atoms. The molecule has 0 bridgehead atoms. The summed E-state index contributed by atoms with van der Waals surface area (Å²) in [6, 6.07) is 33.0. The number of benzene rings is 4. The predicted molar refractivity (Wildman–Crippen MR) is 330 cm³/mol. The minimum atomic E-state index is -2.31. The number of aromatic nitrogens is 8.